The summed E-state index contributed by atoms with van der Waals surface area (Å²) < 4.78 is 11.1. The standard InChI is InChI=1S/C19H35N3O3/c1-24-19(23)12-17-13-21-10-11-22(17)16-2-4-18(5-3-16)25-14-15-6-8-20-9-7-15/h15-18,20-21H,2-14H2,1H3. The van der Waals surface area contributed by atoms with Gasteiger partial charge in [-0.1, -0.05) is 0 Å². The third-order valence-corrected chi connectivity index (χ3v) is 6.16. The molecule has 25 heavy (non-hydrogen) atoms. The normalized spacial score (nSPS) is 32.4. The highest BCUT2D eigenvalue weighted by Crippen LogP contribution is 2.28. The van der Waals surface area contributed by atoms with E-state index in [4.69, 9.17) is 9.47 Å². The number of hydrogen-bond donors (Lipinski definition) is 2. The Morgan fingerprint density at radius 2 is 1.80 bits per heavy atom. The molecular weight excluding hydrogens is 318 g/mol. The Morgan fingerprint density at radius 3 is 2.52 bits per heavy atom. The van der Waals surface area contributed by atoms with Crippen molar-refractivity contribution < 1.29 is 14.3 Å². The van der Waals surface area contributed by atoms with E-state index in [1.54, 1.807) is 0 Å². The Bertz CT molecular complexity index is 407. The smallest absolute Gasteiger partial charge is 0.307 e. The molecule has 6 nitrogen and oxygen atoms in total. The maximum Gasteiger partial charge on any atom is 0.307 e. The second-order valence-electron chi connectivity index (χ2n) is 7.83. The van der Waals surface area contributed by atoms with Crippen molar-refractivity contribution in [2.45, 2.75) is 63.1 Å². The van der Waals surface area contributed by atoms with Crippen molar-refractivity contribution in [3.63, 3.8) is 0 Å². The van der Waals surface area contributed by atoms with Crippen LogP contribution in [0.4, 0.5) is 0 Å². The summed E-state index contributed by atoms with van der Waals surface area (Å²) in [4.78, 5) is 14.2. The van der Waals surface area contributed by atoms with Crippen molar-refractivity contribution in [1.82, 2.24) is 15.5 Å². The van der Waals surface area contributed by atoms with Crippen molar-refractivity contribution in [2.75, 3.05) is 46.4 Å². The summed E-state index contributed by atoms with van der Waals surface area (Å²) in [7, 11) is 1.48. The summed E-state index contributed by atoms with van der Waals surface area (Å²) in [6.07, 6.45) is 8.14. The molecule has 3 fully saturated rings. The summed E-state index contributed by atoms with van der Waals surface area (Å²) in [6, 6.07) is 0.869. The van der Waals surface area contributed by atoms with Gasteiger partial charge in [0.1, 0.15) is 0 Å². The summed E-state index contributed by atoms with van der Waals surface area (Å²) in [5, 5.41) is 6.84. The average Bonchev–Trinajstić information content (AvgIpc) is 2.68. The Kier molecular flexibility index (Phi) is 7.52. The average molecular weight is 354 g/mol. The Labute approximate surface area is 152 Å². The van der Waals surface area contributed by atoms with E-state index in [0.29, 0.717) is 18.6 Å². The number of methoxy groups -OCH3 is 1. The molecule has 0 aromatic rings. The molecule has 0 bridgehead atoms. The van der Waals surface area contributed by atoms with Crippen LogP contribution < -0.4 is 10.6 Å². The first-order valence-electron chi connectivity index (χ1n) is 10.1. The van der Waals surface area contributed by atoms with Gasteiger partial charge < -0.3 is 20.1 Å². The van der Waals surface area contributed by atoms with Crippen LogP contribution in [0.3, 0.4) is 0 Å². The molecule has 0 amide bonds. The monoisotopic (exact) mass is 353 g/mol. The molecule has 2 aliphatic heterocycles. The van der Waals surface area contributed by atoms with Gasteiger partial charge in [-0.15, -0.1) is 0 Å². The van der Waals surface area contributed by atoms with Crippen LogP contribution in [0.15, 0.2) is 0 Å². The fourth-order valence-electron chi connectivity index (χ4n) is 4.59. The van der Waals surface area contributed by atoms with Crippen molar-refractivity contribution >= 4 is 5.97 Å². The molecule has 0 spiro atoms. The van der Waals surface area contributed by atoms with Crippen LogP contribution in [0.1, 0.15) is 44.9 Å². The van der Waals surface area contributed by atoms with E-state index in [-0.39, 0.29) is 12.0 Å². The molecule has 144 valence electrons. The lowest BCUT2D eigenvalue weighted by atomic mass is 9.89. The van der Waals surface area contributed by atoms with Crippen LogP contribution in [0.2, 0.25) is 0 Å². The van der Waals surface area contributed by atoms with Crippen LogP contribution in [-0.2, 0) is 14.3 Å². The number of carbonyl (C=O) groups is 1. The van der Waals surface area contributed by atoms with Crippen LogP contribution in [0.5, 0.6) is 0 Å². The highest BCUT2D eigenvalue weighted by molar-refractivity contribution is 5.70. The lowest BCUT2D eigenvalue weighted by Crippen LogP contribution is -2.56. The van der Waals surface area contributed by atoms with Gasteiger partial charge in [-0.25, -0.2) is 0 Å². The van der Waals surface area contributed by atoms with E-state index < -0.39 is 0 Å². The summed E-state index contributed by atoms with van der Waals surface area (Å²) in [5.41, 5.74) is 0. The maximum absolute atomic E-state index is 11.7. The number of nitrogens with one attached hydrogen (secondary N) is 2. The summed E-state index contributed by atoms with van der Waals surface area (Å²) >= 11 is 0. The minimum absolute atomic E-state index is 0.0994. The Morgan fingerprint density at radius 1 is 1.04 bits per heavy atom. The van der Waals surface area contributed by atoms with Crippen LogP contribution in [0.25, 0.3) is 0 Å². The highest BCUT2D eigenvalue weighted by atomic mass is 16.5. The number of carbonyl (C=O) groups excluding carboxylic acids is 1. The molecule has 6 heteroatoms. The number of hydrogen-bond acceptors (Lipinski definition) is 6. The largest absolute Gasteiger partial charge is 0.469 e. The first kappa shape index (κ1) is 19.1. The number of esters is 1. The van der Waals surface area contributed by atoms with Crippen LogP contribution >= 0.6 is 0 Å². The molecule has 1 saturated carbocycles. The van der Waals surface area contributed by atoms with Gasteiger partial charge in [0.2, 0.25) is 0 Å². The highest BCUT2D eigenvalue weighted by Gasteiger charge is 2.33. The van der Waals surface area contributed by atoms with Crippen molar-refractivity contribution in [3.05, 3.63) is 0 Å². The van der Waals surface area contributed by atoms with E-state index in [0.717, 1.165) is 58.1 Å². The fraction of sp³-hybridized carbons (Fsp3) is 0.947. The number of piperidine rings is 1. The van der Waals surface area contributed by atoms with Gasteiger partial charge in [0.05, 0.1) is 19.6 Å². The molecule has 1 aliphatic carbocycles. The van der Waals surface area contributed by atoms with E-state index in [1.165, 1.54) is 32.8 Å². The van der Waals surface area contributed by atoms with Gasteiger partial charge >= 0.3 is 5.97 Å². The summed E-state index contributed by atoms with van der Waals surface area (Å²) in [5.74, 6) is 0.647. The molecule has 3 aliphatic rings. The number of ether oxygens (including phenoxy) is 2. The van der Waals surface area contributed by atoms with Gasteiger partial charge in [0.25, 0.3) is 0 Å². The van der Waals surface area contributed by atoms with Crippen molar-refractivity contribution in [3.8, 4) is 0 Å². The lowest BCUT2D eigenvalue weighted by molar-refractivity contribution is -0.142. The van der Waals surface area contributed by atoms with Gasteiger partial charge in [0, 0.05) is 38.3 Å². The summed E-state index contributed by atoms with van der Waals surface area (Å²) in [6.45, 7) is 6.17. The zero-order valence-corrected chi connectivity index (χ0v) is 15.7. The van der Waals surface area contributed by atoms with Crippen LogP contribution in [-0.4, -0.2) is 75.5 Å². The topological polar surface area (TPSA) is 62.8 Å². The molecular formula is C19H35N3O3. The quantitative estimate of drug-likeness (QED) is 0.699. The number of nitrogens with zero attached hydrogens (tertiary/aromatic N) is 1. The first-order valence-corrected chi connectivity index (χ1v) is 10.1. The molecule has 0 aromatic heterocycles. The molecule has 0 aromatic carbocycles. The van der Waals surface area contributed by atoms with Crippen molar-refractivity contribution in [1.29, 1.82) is 0 Å². The SMILES string of the molecule is COC(=O)CC1CNCCN1C1CCC(OCC2CCNCC2)CC1. The van der Waals surface area contributed by atoms with E-state index >= 15 is 0 Å². The zero-order valence-electron chi connectivity index (χ0n) is 15.7. The van der Waals surface area contributed by atoms with Crippen molar-refractivity contribution in [2.24, 2.45) is 5.92 Å². The molecule has 1 atom stereocenters. The molecule has 3 rings (SSSR count). The molecule has 2 saturated heterocycles. The molecule has 2 heterocycles. The predicted molar refractivity (Wildman–Crippen MR) is 97.6 cm³/mol. The van der Waals surface area contributed by atoms with Gasteiger partial charge in [-0.3, -0.25) is 9.69 Å². The minimum atomic E-state index is -0.0994. The maximum atomic E-state index is 11.7. The zero-order chi connectivity index (χ0) is 17.5. The fourth-order valence-corrected chi connectivity index (χ4v) is 4.59. The second kappa shape index (κ2) is 9.86. The lowest BCUT2D eigenvalue weighted by Gasteiger charge is -2.44. The van der Waals surface area contributed by atoms with Gasteiger partial charge in [0.15, 0.2) is 0 Å². The minimum Gasteiger partial charge on any atom is -0.469 e. The second-order valence-corrected chi connectivity index (χ2v) is 7.83. The van der Waals surface area contributed by atoms with E-state index in [1.807, 2.05) is 0 Å². The first-order chi connectivity index (χ1) is 12.3. The number of rotatable bonds is 6. The molecule has 1 unspecified atom stereocenters. The van der Waals surface area contributed by atoms with E-state index in [9.17, 15) is 4.79 Å². The third-order valence-electron chi connectivity index (χ3n) is 6.16. The molecule has 0 radical (unpaired) electrons. The Hall–Kier alpha value is -0.690. The molecule has 2 N–H and O–H groups in total. The Balaban J connectivity index is 1.41. The number of piperazine rings is 1. The van der Waals surface area contributed by atoms with Gasteiger partial charge in [-0.2, -0.15) is 0 Å². The van der Waals surface area contributed by atoms with Gasteiger partial charge in [-0.05, 0) is 57.5 Å². The predicted octanol–water partition coefficient (Wildman–Crippen LogP) is 1.15. The third kappa shape index (κ3) is 5.64. The van der Waals surface area contributed by atoms with Crippen LogP contribution in [0, 0.1) is 5.92 Å². The van der Waals surface area contributed by atoms with E-state index in [2.05, 4.69) is 15.5 Å².